The molecule has 1 atom stereocenters. The highest BCUT2D eigenvalue weighted by molar-refractivity contribution is 5.95. The maximum atomic E-state index is 13.6. The van der Waals surface area contributed by atoms with Gasteiger partial charge in [0.2, 0.25) is 0 Å². The van der Waals surface area contributed by atoms with Crippen molar-refractivity contribution >= 4 is 17.6 Å². The van der Waals surface area contributed by atoms with Gasteiger partial charge in [-0.2, -0.15) is 10.4 Å². The van der Waals surface area contributed by atoms with E-state index < -0.39 is 5.82 Å². The summed E-state index contributed by atoms with van der Waals surface area (Å²) in [6.07, 6.45) is 0.535. The second kappa shape index (κ2) is 7.38. The summed E-state index contributed by atoms with van der Waals surface area (Å²) in [6.45, 7) is 7.63. The lowest BCUT2D eigenvalue weighted by molar-refractivity contribution is 0.0750. The number of nitriles is 1. The van der Waals surface area contributed by atoms with E-state index in [1.54, 1.807) is 27.6 Å². The van der Waals surface area contributed by atoms with Crippen molar-refractivity contribution in [1.82, 2.24) is 19.6 Å². The van der Waals surface area contributed by atoms with Crippen molar-refractivity contribution in [3.8, 4) is 6.07 Å². The Hall–Kier alpha value is -3.41. The van der Waals surface area contributed by atoms with Gasteiger partial charge in [-0.05, 0) is 25.1 Å². The third kappa shape index (κ3) is 3.74. The van der Waals surface area contributed by atoms with Gasteiger partial charge < -0.3 is 15.1 Å². The molecule has 1 aromatic heterocycles. The van der Waals surface area contributed by atoms with Crippen molar-refractivity contribution in [3.63, 3.8) is 0 Å². The van der Waals surface area contributed by atoms with Gasteiger partial charge in [0.1, 0.15) is 17.6 Å². The average Bonchev–Trinajstić information content (AvgIpc) is 2.99. The molecule has 0 aliphatic carbocycles. The van der Waals surface area contributed by atoms with Crippen LogP contribution in [0.2, 0.25) is 0 Å². The normalized spacial score (nSPS) is 19.9. The van der Waals surface area contributed by atoms with Crippen molar-refractivity contribution in [2.75, 3.05) is 18.9 Å². The maximum Gasteiger partial charge on any atom is 0.322 e. The molecule has 4 rings (SSSR count). The summed E-state index contributed by atoms with van der Waals surface area (Å²) in [5.74, 6) is -0.726. The number of aromatic nitrogens is 2. The Labute approximate surface area is 180 Å². The second-order valence-electron chi connectivity index (χ2n) is 9.17. The Bertz CT molecular complexity index is 1120. The van der Waals surface area contributed by atoms with E-state index in [4.69, 9.17) is 10.4 Å². The first-order valence-corrected chi connectivity index (χ1v) is 10.2. The lowest BCUT2D eigenvalue weighted by atomic mass is 9.93. The first kappa shape index (κ1) is 20.8. The summed E-state index contributed by atoms with van der Waals surface area (Å²) < 4.78 is 15.4. The molecule has 162 valence electrons. The average molecular weight is 424 g/mol. The highest BCUT2D eigenvalue weighted by Crippen LogP contribution is 2.32. The molecule has 1 N–H and O–H groups in total. The number of fused-ring (bicyclic) bond motifs is 3. The van der Waals surface area contributed by atoms with Crippen LogP contribution in [-0.2, 0) is 19.5 Å². The molecule has 0 saturated carbocycles. The minimum absolute atomic E-state index is 0.0913. The van der Waals surface area contributed by atoms with Crippen LogP contribution in [0, 0.1) is 22.6 Å². The van der Waals surface area contributed by atoms with Crippen LogP contribution in [0.1, 0.15) is 48.1 Å². The van der Waals surface area contributed by atoms with Crippen LogP contribution < -0.4 is 5.32 Å². The Morgan fingerprint density at radius 2 is 2.10 bits per heavy atom. The van der Waals surface area contributed by atoms with Gasteiger partial charge in [0.25, 0.3) is 5.91 Å². The van der Waals surface area contributed by atoms with Gasteiger partial charge in [0.15, 0.2) is 0 Å². The minimum atomic E-state index is -0.635. The Balaban J connectivity index is 1.63. The maximum absolute atomic E-state index is 13.6. The quantitative estimate of drug-likeness (QED) is 0.762. The molecule has 1 aromatic carbocycles. The van der Waals surface area contributed by atoms with Crippen LogP contribution in [0.5, 0.6) is 0 Å². The Morgan fingerprint density at radius 1 is 1.35 bits per heavy atom. The molecular weight excluding hydrogens is 399 g/mol. The SMILES string of the molecule is C[C@@H]1Cc2nn3c(c2CN1C(=O)Nc1ccc(F)c(C#N)c1)C(=O)N(C)CC(C)(C)C3. The Kier molecular flexibility index (Phi) is 4.96. The van der Waals surface area contributed by atoms with Crippen LogP contribution in [0.4, 0.5) is 14.9 Å². The first-order valence-electron chi connectivity index (χ1n) is 10.2. The van der Waals surface area contributed by atoms with Crippen molar-refractivity contribution in [2.45, 2.75) is 46.3 Å². The highest BCUT2D eigenvalue weighted by atomic mass is 19.1. The molecular formula is C22H25FN6O2. The number of nitrogens with zero attached hydrogens (tertiary/aromatic N) is 5. The number of hydrogen-bond acceptors (Lipinski definition) is 4. The molecule has 0 saturated heterocycles. The molecule has 0 radical (unpaired) electrons. The predicted molar refractivity (Wildman–Crippen MR) is 112 cm³/mol. The smallest absolute Gasteiger partial charge is 0.322 e. The fraction of sp³-hybridized carbons (Fsp3) is 0.455. The summed E-state index contributed by atoms with van der Waals surface area (Å²) >= 11 is 0. The van der Waals surface area contributed by atoms with Gasteiger partial charge >= 0.3 is 6.03 Å². The molecule has 9 heteroatoms. The zero-order valence-corrected chi connectivity index (χ0v) is 18.1. The topological polar surface area (TPSA) is 94.3 Å². The summed E-state index contributed by atoms with van der Waals surface area (Å²) in [5.41, 5.74) is 2.26. The fourth-order valence-electron chi connectivity index (χ4n) is 4.45. The number of nitrogens with one attached hydrogen (secondary N) is 1. The van der Waals surface area contributed by atoms with Crippen molar-refractivity contribution in [2.24, 2.45) is 5.41 Å². The summed E-state index contributed by atoms with van der Waals surface area (Å²) in [4.78, 5) is 29.4. The number of hydrogen-bond donors (Lipinski definition) is 1. The lowest BCUT2D eigenvalue weighted by Gasteiger charge is -2.33. The molecule has 0 unspecified atom stereocenters. The molecule has 3 amide bonds. The third-order valence-electron chi connectivity index (χ3n) is 5.87. The molecule has 31 heavy (non-hydrogen) atoms. The van der Waals surface area contributed by atoms with Gasteiger partial charge in [-0.3, -0.25) is 9.48 Å². The number of rotatable bonds is 1. The third-order valence-corrected chi connectivity index (χ3v) is 5.87. The summed E-state index contributed by atoms with van der Waals surface area (Å²) in [7, 11) is 1.79. The Morgan fingerprint density at radius 3 is 2.81 bits per heavy atom. The minimum Gasteiger partial charge on any atom is -0.340 e. The fourth-order valence-corrected chi connectivity index (χ4v) is 4.45. The van der Waals surface area contributed by atoms with Crippen LogP contribution in [0.15, 0.2) is 18.2 Å². The highest BCUT2D eigenvalue weighted by Gasteiger charge is 2.38. The lowest BCUT2D eigenvalue weighted by Crippen LogP contribution is -2.45. The van der Waals surface area contributed by atoms with Gasteiger partial charge in [0, 0.05) is 49.3 Å². The van der Waals surface area contributed by atoms with E-state index in [-0.39, 0.29) is 35.5 Å². The number of carbonyl (C=O) groups excluding carboxylic acids is 2. The van der Waals surface area contributed by atoms with E-state index in [0.29, 0.717) is 30.9 Å². The van der Waals surface area contributed by atoms with E-state index in [9.17, 15) is 14.0 Å². The first-order chi connectivity index (χ1) is 14.6. The van der Waals surface area contributed by atoms with Gasteiger partial charge in [-0.25, -0.2) is 9.18 Å². The molecule has 0 fully saturated rings. The van der Waals surface area contributed by atoms with Gasteiger partial charge in [-0.1, -0.05) is 13.8 Å². The molecule has 0 spiro atoms. The van der Waals surface area contributed by atoms with Gasteiger partial charge in [-0.15, -0.1) is 0 Å². The van der Waals surface area contributed by atoms with Crippen LogP contribution in [-0.4, -0.2) is 51.2 Å². The second-order valence-corrected chi connectivity index (χ2v) is 9.17. The number of benzene rings is 1. The van der Waals surface area contributed by atoms with Crippen molar-refractivity contribution in [3.05, 3.63) is 46.5 Å². The number of carbonyl (C=O) groups is 2. The zero-order chi connectivity index (χ0) is 22.5. The molecule has 2 aliphatic heterocycles. The van der Waals surface area contributed by atoms with Gasteiger partial charge in [0.05, 0.1) is 17.8 Å². The molecule has 2 aromatic rings. The summed E-state index contributed by atoms with van der Waals surface area (Å²) in [6, 6.07) is 5.14. The van der Waals surface area contributed by atoms with Crippen molar-refractivity contribution < 1.29 is 14.0 Å². The van der Waals surface area contributed by atoms with Crippen molar-refractivity contribution in [1.29, 1.82) is 5.26 Å². The van der Waals surface area contributed by atoms with E-state index in [2.05, 4.69) is 19.2 Å². The number of urea groups is 1. The largest absolute Gasteiger partial charge is 0.340 e. The van der Waals surface area contributed by atoms with E-state index >= 15 is 0 Å². The molecule has 0 bridgehead atoms. The molecule has 2 aliphatic rings. The van der Waals surface area contributed by atoms with E-state index in [1.165, 1.54) is 12.1 Å². The number of amides is 3. The number of anilines is 1. The zero-order valence-electron chi connectivity index (χ0n) is 18.1. The summed E-state index contributed by atoms with van der Waals surface area (Å²) in [5, 5.41) is 16.5. The predicted octanol–water partition coefficient (Wildman–Crippen LogP) is 2.98. The van der Waals surface area contributed by atoms with E-state index in [1.807, 2.05) is 6.92 Å². The standard InChI is InChI=1S/C22H25FN6O2/c1-13-7-18-16(19-20(30)27(4)11-22(2,3)12-29(19)26-18)10-28(13)21(31)25-15-5-6-17(23)14(8-15)9-24/h5-6,8,13H,7,10-12H2,1-4H3,(H,25,31)/t13-/m1/s1. The number of halogens is 1. The van der Waals surface area contributed by atoms with E-state index in [0.717, 1.165) is 17.3 Å². The molecule has 8 nitrogen and oxygen atoms in total. The molecule has 3 heterocycles. The van der Waals surface area contributed by atoms with Crippen LogP contribution >= 0.6 is 0 Å². The monoisotopic (exact) mass is 424 g/mol. The van der Waals surface area contributed by atoms with Crippen LogP contribution in [0.3, 0.4) is 0 Å². The van der Waals surface area contributed by atoms with Crippen LogP contribution in [0.25, 0.3) is 0 Å².